The number of methoxy groups -OCH3 is 1. The Kier molecular flexibility index (Phi) is 7.05. The summed E-state index contributed by atoms with van der Waals surface area (Å²) in [5.41, 5.74) is 1.25. The highest BCUT2D eigenvalue weighted by molar-refractivity contribution is 7.91. The van der Waals surface area contributed by atoms with E-state index in [2.05, 4.69) is 21.8 Å². The normalized spacial score (nSPS) is 18.4. The minimum atomic E-state index is -2.75. The Hall–Kier alpha value is -0.910. The van der Waals surface area contributed by atoms with Crippen molar-refractivity contribution < 1.29 is 13.2 Å². The van der Waals surface area contributed by atoms with Crippen molar-refractivity contribution in [3.8, 4) is 0 Å². The fourth-order valence-electron chi connectivity index (χ4n) is 1.75. The molecule has 1 fully saturated rings. The molecule has 108 valence electrons. The molecular weight excluding hydrogens is 262 g/mol. The van der Waals surface area contributed by atoms with E-state index in [9.17, 15) is 8.42 Å². The molecule has 0 aliphatic carbocycles. The molecule has 1 saturated heterocycles. The third-order valence-electron chi connectivity index (χ3n) is 2.97. The van der Waals surface area contributed by atoms with Gasteiger partial charge in [-0.05, 0) is 12.5 Å². The summed E-state index contributed by atoms with van der Waals surface area (Å²) in [5.74, 6) is 0.611. The van der Waals surface area contributed by atoms with Gasteiger partial charge >= 0.3 is 0 Å². The van der Waals surface area contributed by atoms with Gasteiger partial charge in [-0.25, -0.2) is 8.42 Å². The first kappa shape index (κ1) is 16.1. The SMILES string of the molecule is CCOC.O=S1(=O)CCN(Cc2ccccc2)CC1. The minimum Gasteiger partial charge on any atom is -0.385 e. The Labute approximate surface area is 116 Å². The fourth-order valence-corrected chi connectivity index (χ4v) is 3.03. The average Bonchev–Trinajstić information content (AvgIpc) is 2.43. The Bertz CT molecular complexity index is 429. The molecule has 1 aliphatic rings. The predicted molar refractivity (Wildman–Crippen MR) is 77.9 cm³/mol. The summed E-state index contributed by atoms with van der Waals surface area (Å²) >= 11 is 0. The highest BCUT2D eigenvalue weighted by Crippen LogP contribution is 2.09. The summed E-state index contributed by atoms with van der Waals surface area (Å²) in [6, 6.07) is 10.2. The molecule has 1 aromatic rings. The van der Waals surface area contributed by atoms with Crippen LogP contribution in [0.2, 0.25) is 0 Å². The Balaban J connectivity index is 0.000000399. The van der Waals surface area contributed by atoms with Gasteiger partial charge in [-0.15, -0.1) is 0 Å². The summed E-state index contributed by atoms with van der Waals surface area (Å²) in [5, 5.41) is 0. The van der Waals surface area contributed by atoms with Crippen LogP contribution in [0.15, 0.2) is 30.3 Å². The van der Waals surface area contributed by atoms with Crippen LogP contribution in [0.4, 0.5) is 0 Å². The highest BCUT2D eigenvalue weighted by atomic mass is 32.2. The van der Waals surface area contributed by atoms with Crippen LogP contribution >= 0.6 is 0 Å². The van der Waals surface area contributed by atoms with E-state index in [1.165, 1.54) is 5.56 Å². The van der Waals surface area contributed by atoms with Crippen LogP contribution in [-0.2, 0) is 21.1 Å². The van der Waals surface area contributed by atoms with E-state index in [1.54, 1.807) is 7.11 Å². The van der Waals surface area contributed by atoms with Crippen LogP contribution in [0.1, 0.15) is 12.5 Å². The Morgan fingerprint density at radius 2 is 1.68 bits per heavy atom. The minimum absolute atomic E-state index is 0.305. The molecular formula is C14H23NO3S. The molecule has 1 heterocycles. The van der Waals surface area contributed by atoms with Crippen molar-refractivity contribution in [2.45, 2.75) is 13.5 Å². The van der Waals surface area contributed by atoms with Crippen molar-refractivity contribution in [2.75, 3.05) is 38.3 Å². The first-order chi connectivity index (χ1) is 9.07. The van der Waals surface area contributed by atoms with Gasteiger partial charge < -0.3 is 4.74 Å². The second-order valence-electron chi connectivity index (χ2n) is 4.49. The molecule has 0 radical (unpaired) electrons. The summed E-state index contributed by atoms with van der Waals surface area (Å²) < 4.78 is 27.0. The zero-order chi connectivity index (χ0) is 14.1. The maximum atomic E-state index is 11.2. The number of rotatable bonds is 3. The van der Waals surface area contributed by atoms with Crippen molar-refractivity contribution in [3.05, 3.63) is 35.9 Å². The fraction of sp³-hybridized carbons (Fsp3) is 0.571. The third-order valence-corrected chi connectivity index (χ3v) is 4.58. The van der Waals surface area contributed by atoms with Gasteiger partial charge in [0.2, 0.25) is 0 Å². The van der Waals surface area contributed by atoms with E-state index < -0.39 is 9.84 Å². The molecule has 0 amide bonds. The van der Waals surface area contributed by atoms with Crippen molar-refractivity contribution >= 4 is 9.84 Å². The maximum absolute atomic E-state index is 11.2. The number of benzene rings is 1. The molecule has 2 rings (SSSR count). The predicted octanol–water partition coefficient (Wildman–Crippen LogP) is 1.57. The molecule has 0 unspecified atom stereocenters. The summed E-state index contributed by atoms with van der Waals surface area (Å²) in [7, 11) is -1.07. The van der Waals surface area contributed by atoms with Gasteiger partial charge in [0, 0.05) is 33.4 Å². The molecule has 0 aromatic heterocycles. The molecule has 0 saturated carbocycles. The van der Waals surface area contributed by atoms with Crippen LogP contribution in [0.3, 0.4) is 0 Å². The van der Waals surface area contributed by atoms with Crippen LogP contribution in [0.25, 0.3) is 0 Å². The molecule has 0 bridgehead atoms. The molecule has 0 spiro atoms. The zero-order valence-electron chi connectivity index (χ0n) is 11.7. The van der Waals surface area contributed by atoms with E-state index in [0.717, 1.165) is 13.2 Å². The van der Waals surface area contributed by atoms with Crippen LogP contribution < -0.4 is 0 Å². The Morgan fingerprint density at radius 3 is 2.16 bits per heavy atom. The van der Waals surface area contributed by atoms with Gasteiger partial charge in [0.25, 0.3) is 0 Å². The summed E-state index contributed by atoms with van der Waals surface area (Å²) in [6.07, 6.45) is 0. The smallest absolute Gasteiger partial charge is 0.152 e. The largest absolute Gasteiger partial charge is 0.385 e. The number of hydrogen-bond donors (Lipinski definition) is 0. The number of nitrogens with zero attached hydrogens (tertiary/aromatic N) is 1. The second kappa shape index (κ2) is 8.30. The van der Waals surface area contributed by atoms with Gasteiger partial charge in [-0.1, -0.05) is 30.3 Å². The van der Waals surface area contributed by atoms with Gasteiger partial charge in [-0.3, -0.25) is 4.90 Å². The summed E-state index contributed by atoms with van der Waals surface area (Å²) in [4.78, 5) is 2.19. The lowest BCUT2D eigenvalue weighted by atomic mass is 10.2. The van der Waals surface area contributed by atoms with Gasteiger partial charge in [-0.2, -0.15) is 0 Å². The number of sulfone groups is 1. The number of hydrogen-bond acceptors (Lipinski definition) is 4. The Morgan fingerprint density at radius 1 is 1.16 bits per heavy atom. The van der Waals surface area contributed by atoms with Crippen molar-refractivity contribution in [1.82, 2.24) is 4.90 Å². The third kappa shape index (κ3) is 6.71. The summed E-state index contributed by atoms with van der Waals surface area (Å²) in [6.45, 7) is 4.96. The van der Waals surface area contributed by atoms with E-state index in [1.807, 2.05) is 25.1 Å². The van der Waals surface area contributed by atoms with E-state index in [0.29, 0.717) is 24.6 Å². The molecule has 1 aromatic carbocycles. The van der Waals surface area contributed by atoms with E-state index in [4.69, 9.17) is 0 Å². The van der Waals surface area contributed by atoms with Crippen molar-refractivity contribution in [2.24, 2.45) is 0 Å². The van der Waals surface area contributed by atoms with Gasteiger partial charge in [0.1, 0.15) is 0 Å². The lowest BCUT2D eigenvalue weighted by molar-refractivity contribution is 0.215. The molecule has 5 heteroatoms. The standard InChI is InChI=1S/C11H15NO2S.C3H8O/c13-15(14)8-6-12(7-9-15)10-11-4-2-1-3-5-11;1-3-4-2/h1-5H,6-10H2;3H2,1-2H3. The lowest BCUT2D eigenvalue weighted by Gasteiger charge is -2.26. The first-order valence-corrected chi connectivity index (χ1v) is 8.35. The zero-order valence-corrected chi connectivity index (χ0v) is 12.5. The van der Waals surface area contributed by atoms with Crippen molar-refractivity contribution in [1.29, 1.82) is 0 Å². The quantitative estimate of drug-likeness (QED) is 0.846. The van der Waals surface area contributed by atoms with Crippen molar-refractivity contribution in [3.63, 3.8) is 0 Å². The average molecular weight is 285 g/mol. The maximum Gasteiger partial charge on any atom is 0.152 e. The van der Waals surface area contributed by atoms with Crippen LogP contribution in [0.5, 0.6) is 0 Å². The number of ether oxygens (including phenoxy) is 1. The topological polar surface area (TPSA) is 46.6 Å². The molecule has 4 nitrogen and oxygen atoms in total. The monoisotopic (exact) mass is 285 g/mol. The van der Waals surface area contributed by atoms with Crippen LogP contribution in [-0.4, -0.2) is 51.6 Å². The van der Waals surface area contributed by atoms with E-state index >= 15 is 0 Å². The lowest BCUT2D eigenvalue weighted by Crippen LogP contribution is -2.39. The van der Waals surface area contributed by atoms with E-state index in [-0.39, 0.29) is 0 Å². The molecule has 19 heavy (non-hydrogen) atoms. The molecule has 0 atom stereocenters. The molecule has 0 N–H and O–H groups in total. The molecule has 1 aliphatic heterocycles. The van der Waals surface area contributed by atoms with Crippen LogP contribution in [0, 0.1) is 0 Å². The first-order valence-electron chi connectivity index (χ1n) is 6.53. The highest BCUT2D eigenvalue weighted by Gasteiger charge is 2.21. The second-order valence-corrected chi connectivity index (χ2v) is 6.79. The van der Waals surface area contributed by atoms with Gasteiger partial charge in [0.15, 0.2) is 9.84 Å². The van der Waals surface area contributed by atoms with Gasteiger partial charge in [0.05, 0.1) is 11.5 Å².